The molecule has 0 unspecified atom stereocenters. The second kappa shape index (κ2) is 7.21. The summed E-state index contributed by atoms with van der Waals surface area (Å²) in [4.78, 5) is 14.8. The summed E-state index contributed by atoms with van der Waals surface area (Å²) in [6, 6.07) is 1.66. The number of carbonyl (C=O) groups excluding carboxylic acids is 1. The molecule has 1 amide bonds. The zero-order valence-electron chi connectivity index (χ0n) is 15.5. The summed E-state index contributed by atoms with van der Waals surface area (Å²) in [5, 5.41) is 8.60. The standard InChI is InChI=1S/C19H19Cl2N5O3/c20-11-5-12(22)16-15(10-6-23-24-7-10)13-8-25(1-2-26(13)18(16)17(11)21)19(27)14-9-28-3-4-29-14/h5-7,14H,1-4,8-9,22H2,(H,23,24)/t14-/m0/s1. The number of carbonyl (C=O) groups is 1. The third-order valence-electron chi connectivity index (χ3n) is 5.48. The summed E-state index contributed by atoms with van der Waals surface area (Å²) in [5.41, 5.74) is 10.4. The summed E-state index contributed by atoms with van der Waals surface area (Å²) in [6.07, 6.45) is 2.97. The topological polar surface area (TPSA) is 98.4 Å². The zero-order chi connectivity index (χ0) is 20.1. The zero-order valence-corrected chi connectivity index (χ0v) is 17.0. The van der Waals surface area contributed by atoms with E-state index in [1.165, 1.54) is 0 Å². The second-order valence-corrected chi connectivity index (χ2v) is 7.92. The van der Waals surface area contributed by atoms with Gasteiger partial charge in [0.25, 0.3) is 5.91 Å². The van der Waals surface area contributed by atoms with Gasteiger partial charge in [-0.25, -0.2) is 0 Å². The van der Waals surface area contributed by atoms with E-state index < -0.39 is 6.10 Å². The number of benzene rings is 1. The number of nitrogens with zero attached hydrogens (tertiary/aromatic N) is 3. The summed E-state index contributed by atoms with van der Waals surface area (Å²) in [7, 11) is 0. The Balaban J connectivity index is 1.64. The average Bonchev–Trinajstić information content (AvgIpc) is 3.37. The molecule has 2 aliphatic heterocycles. The Bertz CT molecular complexity index is 1090. The number of halogens is 2. The van der Waals surface area contributed by atoms with Gasteiger partial charge in [0, 0.05) is 47.2 Å². The Kier molecular flexibility index (Phi) is 4.66. The van der Waals surface area contributed by atoms with E-state index in [1.54, 1.807) is 23.4 Å². The van der Waals surface area contributed by atoms with Gasteiger partial charge in [-0.2, -0.15) is 5.10 Å². The van der Waals surface area contributed by atoms with Gasteiger partial charge in [-0.15, -0.1) is 0 Å². The van der Waals surface area contributed by atoms with Crippen LogP contribution in [0.4, 0.5) is 5.69 Å². The molecule has 1 atom stereocenters. The predicted molar refractivity (Wildman–Crippen MR) is 110 cm³/mol. The van der Waals surface area contributed by atoms with Crippen LogP contribution in [0.3, 0.4) is 0 Å². The van der Waals surface area contributed by atoms with Gasteiger partial charge in [0.1, 0.15) is 0 Å². The van der Waals surface area contributed by atoms with E-state index in [0.717, 1.165) is 27.7 Å². The Hall–Kier alpha value is -2.26. The molecule has 2 aromatic heterocycles. The number of H-pyrrole nitrogens is 1. The van der Waals surface area contributed by atoms with Crippen LogP contribution in [0.5, 0.6) is 0 Å². The summed E-state index contributed by atoms with van der Waals surface area (Å²) in [6.45, 7) is 2.73. The quantitative estimate of drug-likeness (QED) is 0.602. The number of nitrogens with one attached hydrogen (secondary N) is 1. The maximum atomic E-state index is 13.0. The van der Waals surface area contributed by atoms with Gasteiger partial charge in [-0.1, -0.05) is 23.2 Å². The predicted octanol–water partition coefficient (Wildman–Crippen LogP) is 2.68. The van der Waals surface area contributed by atoms with Crippen molar-refractivity contribution in [2.75, 3.05) is 32.1 Å². The van der Waals surface area contributed by atoms with Crippen molar-refractivity contribution in [3.8, 4) is 11.1 Å². The number of rotatable bonds is 2. The minimum atomic E-state index is -0.569. The van der Waals surface area contributed by atoms with Crippen molar-refractivity contribution < 1.29 is 14.3 Å². The van der Waals surface area contributed by atoms with Crippen molar-refractivity contribution in [2.24, 2.45) is 0 Å². The third-order valence-corrected chi connectivity index (χ3v) is 6.26. The first-order valence-electron chi connectivity index (χ1n) is 9.32. The van der Waals surface area contributed by atoms with Crippen LogP contribution in [0, 0.1) is 0 Å². The minimum Gasteiger partial charge on any atom is -0.398 e. The van der Waals surface area contributed by atoms with Gasteiger partial charge in [0.15, 0.2) is 6.10 Å². The molecule has 8 nitrogen and oxygen atoms in total. The molecule has 3 aromatic rings. The van der Waals surface area contributed by atoms with Crippen LogP contribution in [-0.2, 0) is 27.4 Å². The number of amides is 1. The lowest BCUT2D eigenvalue weighted by Crippen LogP contribution is -2.47. The number of nitrogen functional groups attached to an aromatic ring is 1. The molecule has 0 saturated carbocycles. The Morgan fingerprint density at radius 2 is 2.17 bits per heavy atom. The first-order valence-corrected chi connectivity index (χ1v) is 10.1. The van der Waals surface area contributed by atoms with E-state index in [4.69, 9.17) is 38.4 Å². The number of aromatic amines is 1. The molecule has 29 heavy (non-hydrogen) atoms. The molecule has 5 rings (SSSR count). The maximum absolute atomic E-state index is 13.0. The van der Waals surface area contributed by atoms with E-state index in [9.17, 15) is 4.79 Å². The van der Waals surface area contributed by atoms with Crippen molar-refractivity contribution in [1.29, 1.82) is 0 Å². The van der Waals surface area contributed by atoms with E-state index in [-0.39, 0.29) is 12.5 Å². The van der Waals surface area contributed by atoms with E-state index in [2.05, 4.69) is 14.8 Å². The fourth-order valence-corrected chi connectivity index (χ4v) is 4.63. The number of nitrogens with two attached hydrogens (primary N) is 1. The van der Waals surface area contributed by atoms with Gasteiger partial charge >= 0.3 is 0 Å². The third kappa shape index (κ3) is 2.98. The highest BCUT2D eigenvalue weighted by Crippen LogP contribution is 2.45. The number of fused-ring (bicyclic) bond motifs is 3. The molecular formula is C19H19Cl2N5O3. The van der Waals surface area contributed by atoms with Crippen molar-refractivity contribution >= 4 is 45.7 Å². The molecule has 0 aliphatic carbocycles. The van der Waals surface area contributed by atoms with Crippen molar-refractivity contribution in [3.63, 3.8) is 0 Å². The highest BCUT2D eigenvalue weighted by molar-refractivity contribution is 6.46. The fourth-order valence-electron chi connectivity index (χ4n) is 4.17. The molecule has 10 heteroatoms. The van der Waals surface area contributed by atoms with Gasteiger partial charge < -0.3 is 24.7 Å². The minimum absolute atomic E-state index is 0.0727. The lowest BCUT2D eigenvalue weighted by atomic mass is 10.0. The molecule has 1 aromatic carbocycles. The highest BCUT2D eigenvalue weighted by Gasteiger charge is 2.33. The largest absolute Gasteiger partial charge is 0.398 e. The van der Waals surface area contributed by atoms with Gasteiger partial charge in [0.05, 0.1) is 48.1 Å². The molecule has 1 saturated heterocycles. The molecule has 3 N–H and O–H groups in total. The average molecular weight is 436 g/mol. The lowest BCUT2D eigenvalue weighted by Gasteiger charge is -2.33. The van der Waals surface area contributed by atoms with Crippen molar-refractivity contribution in [3.05, 3.63) is 34.2 Å². The number of hydrogen-bond acceptors (Lipinski definition) is 5. The van der Waals surface area contributed by atoms with Crippen LogP contribution in [0.2, 0.25) is 10.0 Å². The Labute approximate surface area is 176 Å². The summed E-state index contributed by atoms with van der Waals surface area (Å²) in [5.74, 6) is -0.0727. The van der Waals surface area contributed by atoms with E-state index >= 15 is 0 Å². The molecular weight excluding hydrogens is 417 g/mol. The molecule has 0 spiro atoms. The number of aromatic nitrogens is 3. The lowest BCUT2D eigenvalue weighted by molar-refractivity contribution is -0.159. The maximum Gasteiger partial charge on any atom is 0.254 e. The van der Waals surface area contributed by atoms with E-state index in [0.29, 0.717) is 48.6 Å². The summed E-state index contributed by atoms with van der Waals surface area (Å²) < 4.78 is 13.1. The van der Waals surface area contributed by atoms with Crippen LogP contribution in [0.15, 0.2) is 18.5 Å². The van der Waals surface area contributed by atoms with Crippen LogP contribution < -0.4 is 5.73 Å². The first kappa shape index (κ1) is 18.7. The van der Waals surface area contributed by atoms with Crippen LogP contribution in [0.25, 0.3) is 22.0 Å². The molecule has 1 fully saturated rings. The normalized spacial score (nSPS) is 19.5. The van der Waals surface area contributed by atoms with Gasteiger partial charge in [0.2, 0.25) is 0 Å². The monoisotopic (exact) mass is 435 g/mol. The first-order chi connectivity index (χ1) is 14.1. The fraction of sp³-hybridized carbons (Fsp3) is 0.368. The molecule has 152 valence electrons. The molecule has 0 radical (unpaired) electrons. The Morgan fingerprint density at radius 1 is 1.31 bits per heavy atom. The van der Waals surface area contributed by atoms with Gasteiger partial charge in [-0.3, -0.25) is 9.89 Å². The SMILES string of the molecule is Nc1cc(Cl)c(Cl)c2c1c(-c1cn[nH]c1)c1n2CCN(C(=O)[C@@H]2COCCO2)C1. The molecule has 0 bridgehead atoms. The number of hydrogen-bond donors (Lipinski definition) is 2. The number of ether oxygens (including phenoxy) is 2. The smallest absolute Gasteiger partial charge is 0.254 e. The highest BCUT2D eigenvalue weighted by atomic mass is 35.5. The summed E-state index contributed by atoms with van der Waals surface area (Å²) >= 11 is 12.9. The van der Waals surface area contributed by atoms with Crippen LogP contribution >= 0.6 is 23.2 Å². The van der Waals surface area contributed by atoms with E-state index in [1.807, 2.05) is 0 Å². The second-order valence-electron chi connectivity index (χ2n) is 7.14. The number of anilines is 1. The van der Waals surface area contributed by atoms with Gasteiger partial charge in [-0.05, 0) is 6.07 Å². The Morgan fingerprint density at radius 3 is 2.90 bits per heavy atom. The van der Waals surface area contributed by atoms with Crippen molar-refractivity contribution in [1.82, 2.24) is 19.7 Å². The van der Waals surface area contributed by atoms with Crippen LogP contribution in [-0.4, -0.2) is 58.0 Å². The van der Waals surface area contributed by atoms with Crippen LogP contribution in [0.1, 0.15) is 5.69 Å². The molecule has 4 heterocycles. The van der Waals surface area contributed by atoms with Crippen molar-refractivity contribution in [2.45, 2.75) is 19.2 Å². The molecule has 2 aliphatic rings.